The number of unbranched alkanes of at least 4 members (excludes halogenated alkanes) is 1. The fourth-order valence-electron chi connectivity index (χ4n) is 3.13. The minimum atomic E-state index is -3.85. The number of hydrogen-bond acceptors (Lipinski definition) is 3. The highest BCUT2D eigenvalue weighted by Crippen LogP contribution is 2.24. The van der Waals surface area contributed by atoms with E-state index in [1.54, 1.807) is 42.5 Å². The molecule has 2 aromatic rings. The first-order valence-electron chi connectivity index (χ1n) is 10.3. The van der Waals surface area contributed by atoms with Crippen molar-refractivity contribution in [3.63, 3.8) is 0 Å². The lowest BCUT2D eigenvalue weighted by Gasteiger charge is -2.25. The largest absolute Gasteiger partial charge is 0.354 e. The van der Waals surface area contributed by atoms with Gasteiger partial charge in [0.05, 0.1) is 10.6 Å². The van der Waals surface area contributed by atoms with Crippen LogP contribution in [0, 0.1) is 12.8 Å². The highest BCUT2D eigenvalue weighted by atomic mass is 32.2. The molecule has 0 aliphatic carbocycles. The second kappa shape index (κ2) is 11.0. The Kier molecular flexibility index (Phi) is 8.70. The summed E-state index contributed by atoms with van der Waals surface area (Å²) in [5.74, 6) is 0.123. The number of nitrogens with zero attached hydrogens (tertiary/aromatic N) is 1. The van der Waals surface area contributed by atoms with Crippen LogP contribution in [0.2, 0.25) is 0 Å². The van der Waals surface area contributed by atoms with E-state index < -0.39 is 10.0 Å². The van der Waals surface area contributed by atoms with Gasteiger partial charge in [0, 0.05) is 6.54 Å². The summed E-state index contributed by atoms with van der Waals surface area (Å²) in [7, 11) is -3.85. The summed E-state index contributed by atoms with van der Waals surface area (Å²) in [6.45, 7) is 6.53. The molecule has 2 aromatic carbocycles. The number of anilines is 1. The molecule has 0 radical (unpaired) electrons. The number of rotatable bonds is 11. The van der Waals surface area contributed by atoms with Gasteiger partial charge in [-0.3, -0.25) is 9.10 Å². The van der Waals surface area contributed by atoms with Gasteiger partial charge in [-0.1, -0.05) is 69.0 Å². The van der Waals surface area contributed by atoms with Crippen molar-refractivity contribution in [2.75, 3.05) is 17.4 Å². The third-order valence-corrected chi connectivity index (χ3v) is 6.86. The van der Waals surface area contributed by atoms with Crippen LogP contribution in [0.3, 0.4) is 0 Å². The zero-order valence-electron chi connectivity index (χ0n) is 17.6. The van der Waals surface area contributed by atoms with Crippen LogP contribution in [-0.2, 0) is 14.8 Å². The molecule has 1 N–H and O–H groups in total. The normalized spacial score (nSPS) is 12.4. The first-order chi connectivity index (χ1) is 13.9. The SMILES string of the molecule is CCCCC(CC)CNC(=O)CN(c1ccc(C)cc1)S(=O)(=O)c1ccccc1. The van der Waals surface area contributed by atoms with E-state index in [1.165, 1.54) is 4.31 Å². The summed E-state index contributed by atoms with van der Waals surface area (Å²) >= 11 is 0. The number of carbonyl (C=O) groups is 1. The Morgan fingerprint density at radius 3 is 2.28 bits per heavy atom. The third-order valence-electron chi connectivity index (χ3n) is 5.07. The van der Waals surface area contributed by atoms with Gasteiger partial charge in [0.15, 0.2) is 0 Å². The number of sulfonamides is 1. The first kappa shape index (κ1) is 22.9. The van der Waals surface area contributed by atoms with E-state index in [4.69, 9.17) is 0 Å². The van der Waals surface area contributed by atoms with Crippen LogP contribution in [0.4, 0.5) is 5.69 Å². The minimum Gasteiger partial charge on any atom is -0.354 e. The lowest BCUT2D eigenvalue weighted by atomic mass is 9.99. The molecular weight excluding hydrogens is 384 g/mol. The maximum atomic E-state index is 13.2. The number of benzene rings is 2. The molecule has 0 saturated heterocycles. The summed E-state index contributed by atoms with van der Waals surface area (Å²) in [4.78, 5) is 12.8. The Morgan fingerprint density at radius 1 is 1.03 bits per heavy atom. The monoisotopic (exact) mass is 416 g/mol. The van der Waals surface area contributed by atoms with Crippen LogP contribution in [0.5, 0.6) is 0 Å². The molecule has 0 aliphatic rings. The highest BCUT2D eigenvalue weighted by molar-refractivity contribution is 7.92. The lowest BCUT2D eigenvalue weighted by molar-refractivity contribution is -0.119. The van der Waals surface area contributed by atoms with Gasteiger partial charge >= 0.3 is 0 Å². The zero-order chi connectivity index (χ0) is 21.3. The predicted octanol–water partition coefficient (Wildman–Crippen LogP) is 4.52. The molecule has 0 fully saturated rings. The summed E-state index contributed by atoms with van der Waals surface area (Å²) in [5.41, 5.74) is 1.50. The van der Waals surface area contributed by atoms with E-state index in [1.807, 2.05) is 19.1 Å². The summed E-state index contributed by atoms with van der Waals surface area (Å²) < 4.78 is 27.7. The van der Waals surface area contributed by atoms with E-state index in [9.17, 15) is 13.2 Å². The van der Waals surface area contributed by atoms with Crippen molar-refractivity contribution < 1.29 is 13.2 Å². The quantitative estimate of drug-likeness (QED) is 0.585. The Labute approximate surface area is 175 Å². The fraction of sp³-hybridized carbons (Fsp3) is 0.435. The Bertz CT molecular complexity index is 865. The van der Waals surface area contributed by atoms with Crippen LogP contribution in [-0.4, -0.2) is 27.4 Å². The Hall–Kier alpha value is -2.34. The van der Waals surface area contributed by atoms with Crippen molar-refractivity contribution in [2.24, 2.45) is 5.92 Å². The third kappa shape index (κ3) is 6.60. The molecule has 2 rings (SSSR count). The number of carbonyl (C=O) groups excluding carboxylic acids is 1. The Morgan fingerprint density at radius 2 is 1.69 bits per heavy atom. The second-order valence-corrected chi connectivity index (χ2v) is 9.24. The van der Waals surface area contributed by atoms with Crippen molar-refractivity contribution in [2.45, 2.75) is 51.3 Å². The summed E-state index contributed by atoms with van der Waals surface area (Å²) in [6.07, 6.45) is 4.31. The zero-order valence-corrected chi connectivity index (χ0v) is 18.4. The molecule has 29 heavy (non-hydrogen) atoms. The molecule has 0 bridgehead atoms. The van der Waals surface area contributed by atoms with Gasteiger partial charge < -0.3 is 5.32 Å². The highest BCUT2D eigenvalue weighted by Gasteiger charge is 2.27. The van der Waals surface area contributed by atoms with E-state index in [0.717, 1.165) is 31.2 Å². The van der Waals surface area contributed by atoms with Gasteiger partial charge in [-0.25, -0.2) is 8.42 Å². The smallest absolute Gasteiger partial charge is 0.264 e. The van der Waals surface area contributed by atoms with Crippen molar-refractivity contribution in [1.29, 1.82) is 0 Å². The van der Waals surface area contributed by atoms with Crippen LogP contribution in [0.1, 0.15) is 45.1 Å². The molecule has 0 aromatic heterocycles. The molecule has 1 unspecified atom stereocenters. The van der Waals surface area contributed by atoms with Gasteiger partial charge in [-0.15, -0.1) is 0 Å². The van der Waals surface area contributed by atoms with E-state index in [2.05, 4.69) is 19.2 Å². The first-order valence-corrected chi connectivity index (χ1v) is 11.7. The molecular formula is C23H32N2O3S. The van der Waals surface area contributed by atoms with Crippen LogP contribution in [0.25, 0.3) is 0 Å². The molecule has 1 atom stereocenters. The molecule has 5 nitrogen and oxygen atoms in total. The van der Waals surface area contributed by atoms with E-state index >= 15 is 0 Å². The average molecular weight is 417 g/mol. The van der Waals surface area contributed by atoms with E-state index in [-0.39, 0.29) is 17.3 Å². The topological polar surface area (TPSA) is 66.5 Å². The molecule has 1 amide bonds. The molecule has 0 aliphatic heterocycles. The average Bonchev–Trinajstić information content (AvgIpc) is 2.73. The van der Waals surface area contributed by atoms with Gasteiger partial charge in [-0.05, 0) is 43.5 Å². The van der Waals surface area contributed by atoms with E-state index in [0.29, 0.717) is 18.2 Å². The number of nitrogens with one attached hydrogen (secondary N) is 1. The maximum absolute atomic E-state index is 13.2. The molecule has 0 saturated carbocycles. The van der Waals surface area contributed by atoms with Gasteiger partial charge in [0.2, 0.25) is 5.91 Å². The van der Waals surface area contributed by atoms with Crippen molar-refractivity contribution >= 4 is 21.6 Å². The van der Waals surface area contributed by atoms with Crippen molar-refractivity contribution in [3.8, 4) is 0 Å². The molecule has 0 heterocycles. The molecule has 0 spiro atoms. The summed E-state index contributed by atoms with van der Waals surface area (Å²) in [5, 5.41) is 2.93. The Balaban J connectivity index is 2.20. The number of amides is 1. The predicted molar refractivity (Wildman–Crippen MR) is 118 cm³/mol. The van der Waals surface area contributed by atoms with Crippen molar-refractivity contribution in [3.05, 3.63) is 60.2 Å². The van der Waals surface area contributed by atoms with Gasteiger partial charge in [-0.2, -0.15) is 0 Å². The van der Waals surface area contributed by atoms with Gasteiger partial charge in [0.1, 0.15) is 6.54 Å². The van der Waals surface area contributed by atoms with Crippen LogP contribution >= 0.6 is 0 Å². The van der Waals surface area contributed by atoms with Gasteiger partial charge in [0.25, 0.3) is 10.0 Å². The number of aryl methyl sites for hydroxylation is 1. The second-order valence-electron chi connectivity index (χ2n) is 7.38. The fourth-order valence-corrected chi connectivity index (χ4v) is 4.58. The minimum absolute atomic E-state index is 0.169. The summed E-state index contributed by atoms with van der Waals surface area (Å²) in [6, 6.07) is 15.4. The van der Waals surface area contributed by atoms with Crippen LogP contribution in [0.15, 0.2) is 59.5 Å². The van der Waals surface area contributed by atoms with Crippen molar-refractivity contribution in [1.82, 2.24) is 5.32 Å². The maximum Gasteiger partial charge on any atom is 0.264 e. The number of hydrogen-bond donors (Lipinski definition) is 1. The molecule has 158 valence electrons. The lowest BCUT2D eigenvalue weighted by Crippen LogP contribution is -2.42. The van der Waals surface area contributed by atoms with Crippen LogP contribution < -0.4 is 9.62 Å². The standard InChI is InChI=1S/C23H32N2O3S/c1-4-6-10-20(5-2)17-24-23(26)18-25(21-15-13-19(3)14-16-21)29(27,28)22-11-8-7-9-12-22/h7-9,11-16,20H,4-6,10,17-18H2,1-3H3,(H,24,26). The molecule has 6 heteroatoms.